The number of nitrogens with one attached hydrogen (secondary N) is 1. The van der Waals surface area contributed by atoms with Gasteiger partial charge in [0.1, 0.15) is 0 Å². The predicted octanol–water partition coefficient (Wildman–Crippen LogP) is 5.04. The van der Waals surface area contributed by atoms with E-state index in [1.54, 1.807) is 10.4 Å². The van der Waals surface area contributed by atoms with E-state index < -0.39 is 0 Å². The molecule has 2 aromatic heterocycles. The van der Waals surface area contributed by atoms with Crippen molar-refractivity contribution in [1.29, 1.82) is 0 Å². The molecule has 0 saturated carbocycles. The van der Waals surface area contributed by atoms with Gasteiger partial charge in [0.25, 0.3) is 0 Å². The van der Waals surface area contributed by atoms with Crippen LogP contribution in [0.5, 0.6) is 0 Å². The Bertz CT molecular complexity index is 831. The van der Waals surface area contributed by atoms with Crippen LogP contribution in [0.4, 0.5) is 0 Å². The van der Waals surface area contributed by atoms with Crippen molar-refractivity contribution in [1.82, 2.24) is 9.88 Å². The molecular weight excluding hydrogens is 324 g/mol. The molecule has 4 heteroatoms. The molecule has 4 rings (SSSR count). The van der Waals surface area contributed by atoms with Crippen molar-refractivity contribution >= 4 is 33.2 Å². The molecule has 0 unspecified atom stereocenters. The van der Waals surface area contributed by atoms with E-state index in [0.29, 0.717) is 0 Å². The number of rotatable bonds is 2. The van der Waals surface area contributed by atoms with Gasteiger partial charge < -0.3 is 9.88 Å². The summed E-state index contributed by atoms with van der Waals surface area (Å²) in [7, 11) is 0. The molecule has 122 valence electrons. The minimum atomic E-state index is 0. The highest BCUT2D eigenvalue weighted by Gasteiger charge is 2.18. The monoisotopic (exact) mass is 346 g/mol. The van der Waals surface area contributed by atoms with Crippen LogP contribution < -0.4 is 5.32 Å². The van der Waals surface area contributed by atoms with E-state index in [9.17, 15) is 0 Å². The summed E-state index contributed by atoms with van der Waals surface area (Å²) < 4.78 is 3.82. The van der Waals surface area contributed by atoms with Gasteiger partial charge in [0, 0.05) is 22.6 Å². The molecule has 2 nitrogen and oxygen atoms in total. The van der Waals surface area contributed by atoms with Crippen molar-refractivity contribution in [2.75, 3.05) is 13.1 Å². The normalized spacial score (nSPS) is 14.3. The van der Waals surface area contributed by atoms with E-state index in [4.69, 9.17) is 11.6 Å². The van der Waals surface area contributed by atoms with Crippen molar-refractivity contribution in [2.24, 2.45) is 0 Å². The third kappa shape index (κ3) is 2.93. The third-order valence-corrected chi connectivity index (χ3v) is 6.24. The van der Waals surface area contributed by atoms with Gasteiger partial charge in [-0.2, -0.15) is 0 Å². The van der Waals surface area contributed by atoms with E-state index in [0.717, 1.165) is 37.5 Å². The van der Waals surface area contributed by atoms with Crippen LogP contribution in [-0.4, -0.2) is 17.7 Å². The number of aromatic nitrogens is 1. The van der Waals surface area contributed by atoms with Crippen LogP contribution in [0.25, 0.3) is 10.2 Å². The third-order valence-electron chi connectivity index (χ3n) is 4.58. The molecule has 23 heavy (non-hydrogen) atoms. The van der Waals surface area contributed by atoms with Gasteiger partial charge in [-0.1, -0.05) is 31.2 Å². The zero-order valence-electron chi connectivity index (χ0n) is 12.7. The number of benzene rings is 1. The van der Waals surface area contributed by atoms with Crippen molar-refractivity contribution in [3.05, 3.63) is 57.1 Å². The van der Waals surface area contributed by atoms with Gasteiger partial charge in [-0.3, -0.25) is 0 Å². The topological polar surface area (TPSA) is 17.0 Å². The summed E-state index contributed by atoms with van der Waals surface area (Å²) in [6, 6.07) is 8.46. The Hall–Kier alpha value is -1.29. The molecule has 1 aliphatic heterocycles. The zero-order chi connectivity index (χ0) is 15.1. The number of hydrogen-bond donors (Lipinski definition) is 1. The molecule has 0 saturated heterocycles. The summed E-state index contributed by atoms with van der Waals surface area (Å²) in [5, 5.41) is 4.36. The first kappa shape index (κ1) is 16.6. The Labute approximate surface area is 147 Å². The molecule has 0 spiro atoms. The van der Waals surface area contributed by atoms with Gasteiger partial charge in [0.2, 0.25) is 0 Å². The summed E-state index contributed by atoms with van der Waals surface area (Å²) >= 11 is 8.24. The van der Waals surface area contributed by atoms with Gasteiger partial charge in [0.15, 0.2) is 0 Å². The van der Waals surface area contributed by atoms with Crippen molar-refractivity contribution < 1.29 is 0 Å². The summed E-state index contributed by atoms with van der Waals surface area (Å²) in [6.45, 7) is 5.19. The Morgan fingerprint density at radius 1 is 1.22 bits per heavy atom. The number of thiophene rings is 1. The number of fused-ring (bicyclic) bond motifs is 3. The van der Waals surface area contributed by atoms with E-state index in [1.807, 2.05) is 23.5 Å². The molecule has 0 radical (unpaired) electrons. The smallest absolute Gasteiger partial charge is 0.0628 e. The Morgan fingerprint density at radius 2 is 2.04 bits per heavy atom. The van der Waals surface area contributed by atoms with Gasteiger partial charge in [-0.05, 0) is 61.7 Å². The highest BCUT2D eigenvalue weighted by Crippen LogP contribution is 2.34. The highest BCUT2D eigenvalue weighted by molar-refractivity contribution is 7.19. The second-order valence-electron chi connectivity index (χ2n) is 5.93. The molecule has 0 fully saturated rings. The maximum absolute atomic E-state index is 6.27. The number of halogens is 1. The zero-order valence-corrected chi connectivity index (χ0v) is 14.2. The summed E-state index contributed by atoms with van der Waals surface area (Å²) in [5.74, 6) is 0. The van der Waals surface area contributed by atoms with Gasteiger partial charge in [-0.25, -0.2) is 0 Å². The van der Waals surface area contributed by atoms with Crippen LogP contribution in [0.2, 0.25) is 5.02 Å². The van der Waals surface area contributed by atoms with Crippen LogP contribution in [0, 0.1) is 6.92 Å². The first-order valence-corrected chi connectivity index (χ1v) is 8.97. The van der Waals surface area contributed by atoms with E-state index >= 15 is 0 Å². The first-order valence-electron chi connectivity index (χ1n) is 7.78. The van der Waals surface area contributed by atoms with Crippen LogP contribution in [-0.2, 0) is 19.4 Å². The molecule has 3 aromatic rings. The van der Waals surface area contributed by atoms with E-state index in [2.05, 4.69) is 35.1 Å². The summed E-state index contributed by atoms with van der Waals surface area (Å²) in [5.41, 5.74) is 5.48. The van der Waals surface area contributed by atoms with Crippen LogP contribution >= 0.6 is 22.9 Å². The lowest BCUT2D eigenvalue weighted by Crippen LogP contribution is -2.16. The van der Waals surface area contributed by atoms with E-state index in [-0.39, 0.29) is 7.43 Å². The second kappa shape index (κ2) is 6.68. The number of hydrogen-bond acceptors (Lipinski definition) is 2. The molecule has 0 aliphatic carbocycles. The fraction of sp³-hybridized carbons (Fsp3) is 0.368. The number of nitrogens with zero attached hydrogens (tertiary/aromatic N) is 1. The second-order valence-corrected chi connectivity index (χ2v) is 7.48. The standard InChI is InChI=1S/C18H19ClN2S.CH4/c1-12-13(3-2-4-15(12)19)11-21-10-7-17-18(21)14-5-8-20-9-6-16(14)22-17;/h2-4,7,10,20H,5-6,8-9,11H2,1H3;1H4. The summed E-state index contributed by atoms with van der Waals surface area (Å²) in [4.78, 5) is 1.56. The molecule has 1 aromatic carbocycles. The molecule has 1 N–H and O–H groups in total. The molecular formula is C19H23ClN2S. The average Bonchev–Trinajstić information content (AvgIpc) is 2.96. The first-order chi connectivity index (χ1) is 10.7. The van der Waals surface area contributed by atoms with Gasteiger partial charge in [0.05, 0.1) is 10.2 Å². The van der Waals surface area contributed by atoms with Crippen molar-refractivity contribution in [3.63, 3.8) is 0 Å². The lowest BCUT2D eigenvalue weighted by molar-refractivity contribution is 0.711. The Morgan fingerprint density at radius 3 is 2.91 bits per heavy atom. The maximum atomic E-state index is 6.27. The minimum absolute atomic E-state index is 0. The molecule has 0 amide bonds. The van der Waals surface area contributed by atoms with Crippen molar-refractivity contribution in [3.8, 4) is 0 Å². The SMILES string of the molecule is C.Cc1c(Cl)cccc1Cn1ccc2sc3c(c21)CCNCC3. The lowest BCUT2D eigenvalue weighted by Gasteiger charge is -2.11. The molecule has 0 bridgehead atoms. The largest absolute Gasteiger partial charge is 0.342 e. The van der Waals surface area contributed by atoms with Gasteiger partial charge in [-0.15, -0.1) is 11.3 Å². The summed E-state index contributed by atoms with van der Waals surface area (Å²) in [6.07, 6.45) is 4.51. The van der Waals surface area contributed by atoms with Crippen LogP contribution in [0.15, 0.2) is 30.5 Å². The predicted molar refractivity (Wildman–Crippen MR) is 102 cm³/mol. The van der Waals surface area contributed by atoms with Crippen LogP contribution in [0.3, 0.4) is 0 Å². The van der Waals surface area contributed by atoms with Gasteiger partial charge >= 0.3 is 0 Å². The quantitative estimate of drug-likeness (QED) is 0.688. The average molecular weight is 347 g/mol. The fourth-order valence-electron chi connectivity index (χ4n) is 3.32. The molecule has 1 aliphatic rings. The Balaban J connectivity index is 0.00000156. The Kier molecular flexibility index (Phi) is 4.81. The fourth-order valence-corrected chi connectivity index (χ4v) is 4.77. The lowest BCUT2D eigenvalue weighted by atomic mass is 10.1. The molecule has 3 heterocycles. The van der Waals surface area contributed by atoms with E-state index in [1.165, 1.54) is 21.3 Å². The highest BCUT2D eigenvalue weighted by atomic mass is 35.5. The maximum Gasteiger partial charge on any atom is 0.0628 e. The van der Waals surface area contributed by atoms with Crippen molar-refractivity contribution in [2.45, 2.75) is 33.7 Å². The van der Waals surface area contributed by atoms with Crippen LogP contribution in [0.1, 0.15) is 29.0 Å². The minimum Gasteiger partial charge on any atom is -0.342 e. The molecule has 0 atom stereocenters.